The number of carboxylic acids is 8. The summed E-state index contributed by atoms with van der Waals surface area (Å²) in [6, 6.07) is 39.2. The SMILES string of the molecule is O=C(O)c1cc(C(=O)O)cc(-c2ccc3c(-c4c(OC(=O)c5ccccc5)cc(-c5cc(C(=O)O)cc(C(=O)O)c5)c5cc(-c6cc(C(=O)O)cc(C(=O)O)c6)ccc45)c(OC(=O)c4ccccc4)cc(-c4cc(C(=O)O)cc(C(=O)O)c4)c3c2)c1. The molecular formula is C66H38O20. The third kappa shape index (κ3) is 11.3. The smallest absolute Gasteiger partial charge is 0.343 e. The predicted octanol–water partition coefficient (Wildman–Crippen LogP) is 12.4. The van der Waals surface area contributed by atoms with E-state index in [9.17, 15) is 88.8 Å². The predicted molar refractivity (Wildman–Crippen MR) is 307 cm³/mol. The van der Waals surface area contributed by atoms with Crippen molar-refractivity contribution in [3.05, 3.63) is 238 Å². The molecule has 0 spiro atoms. The molecule has 10 rings (SSSR count). The van der Waals surface area contributed by atoms with Crippen LogP contribution in [0.1, 0.15) is 104 Å². The summed E-state index contributed by atoms with van der Waals surface area (Å²) in [6.45, 7) is 0. The number of esters is 2. The molecule has 8 N–H and O–H groups in total. The second-order valence-electron chi connectivity index (χ2n) is 19.3. The van der Waals surface area contributed by atoms with E-state index in [1.54, 1.807) is 12.1 Å². The summed E-state index contributed by atoms with van der Waals surface area (Å²) in [7, 11) is 0. The van der Waals surface area contributed by atoms with Gasteiger partial charge in [0.1, 0.15) is 11.5 Å². The van der Waals surface area contributed by atoms with Gasteiger partial charge in [0.15, 0.2) is 0 Å². The zero-order chi connectivity index (χ0) is 61.4. The van der Waals surface area contributed by atoms with Crippen molar-refractivity contribution >= 4 is 81.2 Å². The Morgan fingerprint density at radius 2 is 0.488 bits per heavy atom. The Labute approximate surface area is 482 Å². The van der Waals surface area contributed by atoms with E-state index in [2.05, 4.69) is 0 Å². The Morgan fingerprint density at radius 3 is 0.744 bits per heavy atom. The fourth-order valence-electron chi connectivity index (χ4n) is 9.92. The van der Waals surface area contributed by atoms with Gasteiger partial charge in [-0.3, -0.25) is 0 Å². The number of hydrogen-bond donors (Lipinski definition) is 8. The number of ether oxygens (including phenoxy) is 2. The monoisotopic (exact) mass is 1150 g/mol. The maximum atomic E-state index is 14.6. The first-order valence-electron chi connectivity index (χ1n) is 25.3. The van der Waals surface area contributed by atoms with Crippen molar-refractivity contribution in [1.82, 2.24) is 0 Å². The quantitative estimate of drug-likeness (QED) is 0.0310. The lowest BCUT2D eigenvalue weighted by Gasteiger charge is -2.23. The van der Waals surface area contributed by atoms with Crippen LogP contribution in [0.2, 0.25) is 0 Å². The molecule has 0 unspecified atom stereocenters. The average molecular weight is 1150 g/mol. The summed E-state index contributed by atoms with van der Waals surface area (Å²) in [4.78, 5) is 130. The highest BCUT2D eigenvalue weighted by molar-refractivity contribution is 6.19. The highest BCUT2D eigenvalue weighted by Gasteiger charge is 2.29. The second kappa shape index (κ2) is 22.8. The summed E-state index contributed by atoms with van der Waals surface area (Å²) in [5.41, 5.74) is -3.97. The van der Waals surface area contributed by atoms with Crippen LogP contribution in [0.15, 0.2) is 182 Å². The van der Waals surface area contributed by atoms with Gasteiger partial charge < -0.3 is 50.3 Å². The van der Waals surface area contributed by atoms with E-state index < -0.39 is 104 Å². The van der Waals surface area contributed by atoms with Gasteiger partial charge in [0, 0.05) is 11.1 Å². The number of aromatic carboxylic acids is 8. The van der Waals surface area contributed by atoms with E-state index in [0.717, 1.165) is 48.5 Å². The van der Waals surface area contributed by atoms with Gasteiger partial charge in [0.2, 0.25) is 0 Å². The van der Waals surface area contributed by atoms with Gasteiger partial charge >= 0.3 is 59.7 Å². The Bertz CT molecular complexity index is 4220. The highest BCUT2D eigenvalue weighted by Crippen LogP contribution is 2.52. The van der Waals surface area contributed by atoms with Crippen molar-refractivity contribution in [2.45, 2.75) is 0 Å². The average Bonchev–Trinajstić information content (AvgIpc) is 0.759. The molecule has 0 heterocycles. The minimum atomic E-state index is -1.55. The van der Waals surface area contributed by atoms with Gasteiger partial charge in [-0.15, -0.1) is 0 Å². The molecule has 20 nitrogen and oxygen atoms in total. The molecule has 0 aliphatic carbocycles. The Hall–Kier alpha value is -12.6. The minimum Gasteiger partial charge on any atom is -0.478 e. The standard InChI is InChI=1S/C66H38O20/c67-57(68)39-15-35(16-40(23-39)58(69)70)33-11-13-47-51(27-33)49(37-19-43(61(75)76)25-44(20-37)62(77)78)29-53(85-65(83)31-7-3-1-4-8-31)55(47)56-48-14-12-34(36-17-41(59(71)72)24-42(18-36)60(73)74)28-52(48)50(30-54(56)86-66(84)32-9-5-2-6-10-32)38-21-45(63(79)80)26-46(22-38)64(81)82/h1-30H,(H,67,68)(H,69,70)(H,71,72)(H,73,74)(H,75,76)(H,77,78)(H,79,80)(H,81,82). The molecule has 10 aromatic carbocycles. The van der Waals surface area contributed by atoms with Crippen LogP contribution in [-0.2, 0) is 0 Å². The first-order valence-corrected chi connectivity index (χ1v) is 25.3. The first kappa shape index (κ1) is 56.7. The summed E-state index contributed by atoms with van der Waals surface area (Å²) >= 11 is 0. The Kier molecular flexibility index (Phi) is 15.0. The van der Waals surface area contributed by atoms with E-state index in [1.807, 2.05) is 0 Å². The highest BCUT2D eigenvalue weighted by atomic mass is 16.5. The summed E-state index contributed by atoms with van der Waals surface area (Å²) in [5, 5.41) is 82.0. The van der Waals surface area contributed by atoms with Crippen LogP contribution in [0.3, 0.4) is 0 Å². The fraction of sp³-hybridized carbons (Fsp3) is 0. The van der Waals surface area contributed by atoms with Crippen molar-refractivity contribution in [2.75, 3.05) is 0 Å². The number of fused-ring (bicyclic) bond motifs is 2. The number of carbonyl (C=O) groups is 10. The molecule has 0 saturated heterocycles. The van der Waals surface area contributed by atoms with E-state index in [-0.39, 0.29) is 99.8 Å². The maximum Gasteiger partial charge on any atom is 0.343 e. The summed E-state index contributed by atoms with van der Waals surface area (Å²) in [5.74, 6) is -14.9. The van der Waals surface area contributed by atoms with Crippen LogP contribution >= 0.6 is 0 Å². The molecule has 0 saturated carbocycles. The van der Waals surface area contributed by atoms with Crippen LogP contribution in [0, 0.1) is 0 Å². The van der Waals surface area contributed by atoms with Gasteiger partial charge in [-0.1, -0.05) is 60.7 Å². The van der Waals surface area contributed by atoms with Crippen LogP contribution in [0.5, 0.6) is 11.5 Å². The molecule has 0 atom stereocenters. The van der Waals surface area contributed by atoms with Crippen LogP contribution in [0.4, 0.5) is 0 Å². The molecular weight excluding hydrogens is 1110 g/mol. The van der Waals surface area contributed by atoms with Crippen molar-refractivity contribution in [3.8, 4) is 67.1 Å². The fourth-order valence-corrected chi connectivity index (χ4v) is 9.92. The number of carbonyl (C=O) groups excluding carboxylic acids is 2. The van der Waals surface area contributed by atoms with Crippen LogP contribution in [-0.4, -0.2) is 101 Å². The molecule has 0 fully saturated rings. The molecule has 20 heteroatoms. The maximum absolute atomic E-state index is 14.6. The summed E-state index contributed by atoms with van der Waals surface area (Å²) in [6.07, 6.45) is 0. The van der Waals surface area contributed by atoms with Crippen molar-refractivity contribution < 1.29 is 98.3 Å². The van der Waals surface area contributed by atoms with Crippen molar-refractivity contribution in [1.29, 1.82) is 0 Å². The number of carboxylic acid groups (broad SMARTS) is 8. The largest absolute Gasteiger partial charge is 0.478 e. The van der Waals surface area contributed by atoms with Gasteiger partial charge in [-0.05, 0) is 187 Å². The van der Waals surface area contributed by atoms with Crippen LogP contribution in [0.25, 0.3) is 77.2 Å². The number of benzene rings is 10. The molecule has 10 aromatic rings. The summed E-state index contributed by atoms with van der Waals surface area (Å²) < 4.78 is 12.8. The van der Waals surface area contributed by atoms with E-state index in [4.69, 9.17) is 9.47 Å². The van der Waals surface area contributed by atoms with Gasteiger partial charge in [0.25, 0.3) is 0 Å². The first-order chi connectivity index (χ1) is 41.0. The Morgan fingerprint density at radius 1 is 0.233 bits per heavy atom. The zero-order valence-corrected chi connectivity index (χ0v) is 43.8. The lowest BCUT2D eigenvalue weighted by atomic mass is 9.84. The van der Waals surface area contributed by atoms with Crippen molar-refractivity contribution in [3.63, 3.8) is 0 Å². The van der Waals surface area contributed by atoms with E-state index in [0.29, 0.717) is 0 Å². The normalized spacial score (nSPS) is 10.9. The molecule has 0 aromatic heterocycles. The van der Waals surface area contributed by atoms with Crippen LogP contribution < -0.4 is 9.47 Å². The topological polar surface area (TPSA) is 351 Å². The lowest BCUT2D eigenvalue weighted by molar-refractivity contribution is 0.0676. The van der Waals surface area contributed by atoms with E-state index >= 15 is 0 Å². The minimum absolute atomic E-state index is 0.0125. The zero-order valence-electron chi connectivity index (χ0n) is 43.8. The lowest BCUT2D eigenvalue weighted by Crippen LogP contribution is -2.12. The third-order valence-corrected chi connectivity index (χ3v) is 13.9. The molecule has 0 aliphatic rings. The Balaban J connectivity index is 1.43. The molecule has 0 bridgehead atoms. The van der Waals surface area contributed by atoms with Gasteiger partial charge in [0.05, 0.1) is 55.6 Å². The third-order valence-electron chi connectivity index (χ3n) is 13.9. The molecule has 86 heavy (non-hydrogen) atoms. The molecule has 0 radical (unpaired) electrons. The molecule has 0 aliphatic heterocycles. The van der Waals surface area contributed by atoms with Crippen molar-refractivity contribution in [2.24, 2.45) is 0 Å². The van der Waals surface area contributed by atoms with Gasteiger partial charge in [-0.2, -0.15) is 0 Å². The number of rotatable bonds is 17. The molecule has 0 amide bonds. The van der Waals surface area contributed by atoms with Gasteiger partial charge in [-0.25, -0.2) is 47.9 Å². The molecule has 422 valence electrons. The van der Waals surface area contributed by atoms with E-state index in [1.165, 1.54) is 121 Å². The second-order valence-corrected chi connectivity index (χ2v) is 19.3. The number of hydrogen-bond acceptors (Lipinski definition) is 12.